The molecule has 0 spiro atoms. The molecule has 0 saturated heterocycles. The van der Waals surface area contributed by atoms with Gasteiger partial charge < -0.3 is 19.3 Å². The lowest BCUT2D eigenvalue weighted by atomic mass is 10.3. The van der Waals surface area contributed by atoms with Crippen LogP contribution in [0.3, 0.4) is 0 Å². The van der Waals surface area contributed by atoms with E-state index in [0.717, 1.165) is 12.8 Å². The summed E-state index contributed by atoms with van der Waals surface area (Å²) in [6.45, 7) is 2.67. The molecule has 20 heavy (non-hydrogen) atoms. The maximum Gasteiger partial charge on any atom is 0.292 e. The van der Waals surface area contributed by atoms with E-state index in [1.807, 2.05) is 0 Å². The van der Waals surface area contributed by atoms with Crippen LogP contribution in [0.1, 0.15) is 19.8 Å². The van der Waals surface area contributed by atoms with Gasteiger partial charge in [-0.3, -0.25) is 9.59 Å². The predicted octanol–water partition coefficient (Wildman–Crippen LogP) is 0.478. The fourth-order valence-electron chi connectivity index (χ4n) is 1.68. The summed E-state index contributed by atoms with van der Waals surface area (Å²) in [6, 6.07) is 3.17. The van der Waals surface area contributed by atoms with Crippen LogP contribution in [0.25, 0.3) is 0 Å². The van der Waals surface area contributed by atoms with Gasteiger partial charge in [0.2, 0.25) is 0 Å². The van der Waals surface area contributed by atoms with Gasteiger partial charge in [-0.05, 0) is 18.6 Å². The average molecular weight is 282 g/mol. The van der Waals surface area contributed by atoms with Gasteiger partial charge in [-0.15, -0.1) is 0 Å². The quantitative estimate of drug-likeness (QED) is 0.752. The molecule has 0 aliphatic heterocycles. The predicted molar refractivity (Wildman–Crippen MR) is 75.8 cm³/mol. The number of hydrogen-bond donors (Lipinski definition) is 1. The molecule has 0 aliphatic carbocycles. The third-order valence-electron chi connectivity index (χ3n) is 2.95. The van der Waals surface area contributed by atoms with Crippen molar-refractivity contribution in [3.05, 3.63) is 28.7 Å². The summed E-state index contributed by atoms with van der Waals surface area (Å²) >= 11 is 0. The van der Waals surface area contributed by atoms with Crippen LogP contribution in [0.2, 0.25) is 0 Å². The van der Waals surface area contributed by atoms with Gasteiger partial charge in [-0.2, -0.15) is 0 Å². The van der Waals surface area contributed by atoms with E-state index in [-0.39, 0.29) is 37.0 Å². The molecule has 0 bridgehead atoms. The molecule has 112 valence electrons. The van der Waals surface area contributed by atoms with Crippen molar-refractivity contribution < 1.29 is 14.6 Å². The largest absolute Gasteiger partial charge is 0.478 e. The van der Waals surface area contributed by atoms with Crippen LogP contribution in [0.5, 0.6) is 5.75 Å². The number of ether oxygens (including phenoxy) is 1. The first-order valence-corrected chi connectivity index (χ1v) is 6.77. The maximum absolute atomic E-state index is 11.9. The number of amides is 1. The molecule has 1 rings (SSSR count). The van der Waals surface area contributed by atoms with Crippen LogP contribution in [0.4, 0.5) is 0 Å². The van der Waals surface area contributed by atoms with E-state index in [4.69, 9.17) is 9.84 Å². The zero-order valence-electron chi connectivity index (χ0n) is 12.0. The average Bonchev–Trinajstić information content (AvgIpc) is 2.45. The molecular weight excluding hydrogens is 260 g/mol. The lowest BCUT2D eigenvalue weighted by molar-refractivity contribution is -0.132. The second-order valence-electron chi connectivity index (χ2n) is 4.55. The van der Waals surface area contributed by atoms with Crippen molar-refractivity contribution >= 4 is 5.91 Å². The Balaban J connectivity index is 2.59. The summed E-state index contributed by atoms with van der Waals surface area (Å²) in [6.07, 6.45) is 3.53. The number of rotatable bonds is 8. The molecule has 1 amide bonds. The summed E-state index contributed by atoms with van der Waals surface area (Å²) in [7, 11) is 1.72. The monoisotopic (exact) mass is 282 g/mol. The van der Waals surface area contributed by atoms with E-state index in [0.29, 0.717) is 6.54 Å². The number of carbonyl (C=O) groups excluding carboxylic acids is 1. The van der Waals surface area contributed by atoms with E-state index >= 15 is 0 Å². The SMILES string of the molecule is CCCCN(C)C(=O)COc1cccn(CCO)c1=O. The van der Waals surface area contributed by atoms with Gasteiger partial charge in [-0.1, -0.05) is 13.3 Å². The molecule has 1 aromatic heterocycles. The van der Waals surface area contributed by atoms with Crippen molar-refractivity contribution in [3.8, 4) is 5.75 Å². The van der Waals surface area contributed by atoms with Crippen molar-refractivity contribution in [1.29, 1.82) is 0 Å². The van der Waals surface area contributed by atoms with Crippen molar-refractivity contribution in [3.63, 3.8) is 0 Å². The number of pyridine rings is 1. The van der Waals surface area contributed by atoms with Crippen LogP contribution in [0, 0.1) is 0 Å². The molecule has 1 aromatic rings. The third kappa shape index (κ3) is 4.70. The Morgan fingerprint density at radius 2 is 2.25 bits per heavy atom. The number of carbonyl (C=O) groups is 1. The Bertz CT molecular complexity index is 484. The number of nitrogens with zero attached hydrogens (tertiary/aromatic N) is 2. The molecule has 0 atom stereocenters. The van der Waals surface area contributed by atoms with E-state index in [9.17, 15) is 9.59 Å². The fourth-order valence-corrected chi connectivity index (χ4v) is 1.68. The van der Waals surface area contributed by atoms with Crippen LogP contribution in [0.15, 0.2) is 23.1 Å². The summed E-state index contributed by atoms with van der Waals surface area (Å²) in [4.78, 5) is 25.3. The van der Waals surface area contributed by atoms with Crippen LogP contribution >= 0.6 is 0 Å². The first kappa shape index (κ1) is 16.2. The van der Waals surface area contributed by atoms with Gasteiger partial charge in [0.15, 0.2) is 12.4 Å². The van der Waals surface area contributed by atoms with Crippen molar-refractivity contribution in [2.24, 2.45) is 0 Å². The Hall–Kier alpha value is -1.82. The number of aliphatic hydroxyl groups is 1. The minimum Gasteiger partial charge on any atom is -0.478 e. The molecular formula is C14H22N2O4. The first-order chi connectivity index (χ1) is 9.60. The number of aliphatic hydroxyl groups excluding tert-OH is 1. The van der Waals surface area contributed by atoms with E-state index in [1.165, 1.54) is 10.6 Å². The van der Waals surface area contributed by atoms with Gasteiger partial charge in [0, 0.05) is 26.3 Å². The molecule has 6 nitrogen and oxygen atoms in total. The van der Waals surface area contributed by atoms with Gasteiger partial charge in [0.25, 0.3) is 11.5 Å². The summed E-state index contributed by atoms with van der Waals surface area (Å²) < 4.78 is 6.63. The Kier molecular flexibility index (Phi) is 6.79. The highest BCUT2D eigenvalue weighted by Crippen LogP contribution is 2.02. The normalized spacial score (nSPS) is 10.3. The van der Waals surface area contributed by atoms with E-state index < -0.39 is 0 Å². The van der Waals surface area contributed by atoms with Crippen LogP contribution in [-0.4, -0.2) is 47.3 Å². The number of aromatic nitrogens is 1. The molecule has 1 heterocycles. The molecule has 6 heteroatoms. The van der Waals surface area contributed by atoms with Crippen LogP contribution in [-0.2, 0) is 11.3 Å². The third-order valence-corrected chi connectivity index (χ3v) is 2.95. The van der Waals surface area contributed by atoms with Gasteiger partial charge in [0.05, 0.1) is 6.61 Å². The highest BCUT2D eigenvalue weighted by molar-refractivity contribution is 5.77. The van der Waals surface area contributed by atoms with Gasteiger partial charge >= 0.3 is 0 Å². The van der Waals surface area contributed by atoms with Crippen molar-refractivity contribution in [2.75, 3.05) is 26.8 Å². The maximum atomic E-state index is 11.9. The fraction of sp³-hybridized carbons (Fsp3) is 0.571. The Morgan fingerprint density at radius 1 is 1.50 bits per heavy atom. The second kappa shape index (κ2) is 8.37. The van der Waals surface area contributed by atoms with Gasteiger partial charge in [0.1, 0.15) is 0 Å². The lowest BCUT2D eigenvalue weighted by Gasteiger charge is -2.17. The molecule has 0 unspecified atom stereocenters. The summed E-state index contributed by atoms with van der Waals surface area (Å²) in [5.74, 6) is -0.0337. The summed E-state index contributed by atoms with van der Waals surface area (Å²) in [5, 5.41) is 8.85. The standard InChI is InChI=1S/C14H22N2O4/c1-3-4-7-15(2)13(18)11-20-12-6-5-8-16(9-10-17)14(12)19/h5-6,8,17H,3-4,7,9-11H2,1-2H3. The Labute approximate surface area is 118 Å². The lowest BCUT2D eigenvalue weighted by Crippen LogP contribution is -2.33. The van der Waals surface area contributed by atoms with Crippen molar-refractivity contribution in [1.82, 2.24) is 9.47 Å². The van der Waals surface area contributed by atoms with Crippen molar-refractivity contribution in [2.45, 2.75) is 26.3 Å². The molecule has 0 saturated carbocycles. The van der Waals surface area contributed by atoms with Crippen LogP contribution < -0.4 is 10.3 Å². The molecule has 0 aromatic carbocycles. The van der Waals surface area contributed by atoms with E-state index in [1.54, 1.807) is 24.2 Å². The minimum atomic E-state index is -0.342. The highest BCUT2D eigenvalue weighted by Gasteiger charge is 2.11. The highest BCUT2D eigenvalue weighted by atomic mass is 16.5. The number of unbranched alkanes of at least 4 members (excludes halogenated alkanes) is 1. The zero-order chi connectivity index (χ0) is 15.0. The van der Waals surface area contributed by atoms with E-state index in [2.05, 4.69) is 6.92 Å². The zero-order valence-corrected chi connectivity index (χ0v) is 12.0. The second-order valence-corrected chi connectivity index (χ2v) is 4.55. The number of likely N-dealkylation sites (N-methyl/N-ethyl adjacent to an activating group) is 1. The smallest absolute Gasteiger partial charge is 0.292 e. The van der Waals surface area contributed by atoms with Gasteiger partial charge in [-0.25, -0.2) is 0 Å². The molecule has 0 aliphatic rings. The first-order valence-electron chi connectivity index (χ1n) is 6.77. The molecule has 0 radical (unpaired) electrons. The Morgan fingerprint density at radius 3 is 2.90 bits per heavy atom. The molecule has 0 fully saturated rings. The number of hydrogen-bond acceptors (Lipinski definition) is 4. The molecule has 1 N–H and O–H groups in total. The summed E-state index contributed by atoms with van der Waals surface area (Å²) in [5.41, 5.74) is -0.342. The minimum absolute atomic E-state index is 0.123. The topological polar surface area (TPSA) is 71.8 Å².